The molecule has 0 aliphatic rings. The van der Waals surface area contributed by atoms with E-state index in [4.69, 9.17) is 10.5 Å². The summed E-state index contributed by atoms with van der Waals surface area (Å²) in [5, 5.41) is 0. The minimum absolute atomic E-state index is 0.0885. The van der Waals surface area contributed by atoms with Crippen molar-refractivity contribution in [3.8, 4) is 5.75 Å². The minimum atomic E-state index is -3.79. The van der Waals surface area contributed by atoms with Crippen LogP contribution in [0.25, 0.3) is 0 Å². The van der Waals surface area contributed by atoms with E-state index in [0.29, 0.717) is 12.1 Å². The van der Waals surface area contributed by atoms with Crippen LogP contribution in [-0.2, 0) is 27.7 Å². The third-order valence-electron chi connectivity index (χ3n) is 3.51. The molecule has 0 heterocycles. The average Bonchev–Trinajstić information content (AvgIpc) is 2.55. The number of carbonyl (C=O) groups excluding carboxylic acids is 1. The van der Waals surface area contributed by atoms with Gasteiger partial charge in [0, 0.05) is 5.69 Å². The van der Waals surface area contributed by atoms with E-state index in [0.717, 1.165) is 11.1 Å². The van der Waals surface area contributed by atoms with Crippen molar-refractivity contribution in [2.24, 2.45) is 5.73 Å². The quantitative estimate of drug-likeness (QED) is 0.800. The van der Waals surface area contributed by atoms with Crippen LogP contribution in [0.2, 0.25) is 0 Å². The molecule has 0 radical (unpaired) electrons. The normalized spacial score (nSPS) is 11.1. The molecule has 3 N–H and O–H groups in total. The van der Waals surface area contributed by atoms with E-state index in [1.54, 1.807) is 36.4 Å². The zero-order valence-corrected chi connectivity index (χ0v) is 14.4. The molecule has 0 unspecified atom stereocenters. The first kappa shape index (κ1) is 17.8. The molecule has 6 nitrogen and oxygen atoms in total. The molecule has 7 heteroatoms. The third-order valence-corrected chi connectivity index (χ3v) is 4.91. The molecule has 2 aromatic rings. The number of nitrogens with two attached hydrogens (primary N) is 1. The molecule has 0 fully saturated rings. The molecule has 0 bridgehead atoms. The Morgan fingerprint density at radius 3 is 2.29 bits per heavy atom. The van der Waals surface area contributed by atoms with E-state index in [-0.39, 0.29) is 17.1 Å². The number of ether oxygens (including phenoxy) is 1. The largest absolute Gasteiger partial charge is 0.495 e. The highest BCUT2D eigenvalue weighted by molar-refractivity contribution is 7.92. The number of rotatable bonds is 7. The fraction of sp³-hybridized carbons (Fsp3) is 0.235. The number of anilines is 1. The van der Waals surface area contributed by atoms with Gasteiger partial charge in [-0.3, -0.25) is 9.52 Å². The summed E-state index contributed by atoms with van der Waals surface area (Å²) < 4.78 is 33.0. The smallest absolute Gasteiger partial charge is 0.265 e. The number of aryl methyl sites for hydroxylation is 1. The van der Waals surface area contributed by atoms with Gasteiger partial charge in [-0.25, -0.2) is 8.42 Å². The van der Waals surface area contributed by atoms with Gasteiger partial charge < -0.3 is 10.5 Å². The second-order valence-electron chi connectivity index (χ2n) is 5.28. The summed E-state index contributed by atoms with van der Waals surface area (Å²) in [4.78, 5) is 11.0. The number of hydrogen-bond acceptors (Lipinski definition) is 4. The summed E-state index contributed by atoms with van der Waals surface area (Å²) in [5.41, 5.74) is 7.15. The zero-order chi connectivity index (χ0) is 17.7. The number of primary amides is 1. The highest BCUT2D eigenvalue weighted by Gasteiger charge is 2.20. The molecule has 0 aromatic heterocycles. The van der Waals surface area contributed by atoms with Crippen molar-refractivity contribution in [3.05, 3.63) is 53.6 Å². The Morgan fingerprint density at radius 1 is 1.12 bits per heavy atom. The zero-order valence-electron chi connectivity index (χ0n) is 13.6. The molecule has 0 saturated heterocycles. The summed E-state index contributed by atoms with van der Waals surface area (Å²) in [6, 6.07) is 11.6. The predicted octanol–water partition coefficient (Wildman–Crippen LogP) is 2.09. The first-order valence-electron chi connectivity index (χ1n) is 7.42. The highest BCUT2D eigenvalue weighted by atomic mass is 32.2. The van der Waals surface area contributed by atoms with Gasteiger partial charge in [0.05, 0.1) is 13.5 Å². The van der Waals surface area contributed by atoms with Crippen molar-refractivity contribution >= 4 is 21.6 Å². The van der Waals surface area contributed by atoms with Gasteiger partial charge in [-0.2, -0.15) is 0 Å². The highest BCUT2D eigenvalue weighted by Crippen LogP contribution is 2.27. The van der Waals surface area contributed by atoms with Gasteiger partial charge in [0.1, 0.15) is 10.6 Å². The topological polar surface area (TPSA) is 98.5 Å². The van der Waals surface area contributed by atoms with E-state index in [1.807, 2.05) is 13.0 Å². The molecule has 1 amide bonds. The van der Waals surface area contributed by atoms with Gasteiger partial charge in [-0.05, 0) is 41.8 Å². The van der Waals surface area contributed by atoms with E-state index >= 15 is 0 Å². The summed E-state index contributed by atoms with van der Waals surface area (Å²) in [6.45, 7) is 1.95. The molecular weight excluding hydrogens is 328 g/mol. The van der Waals surface area contributed by atoms with E-state index < -0.39 is 15.9 Å². The lowest BCUT2D eigenvalue weighted by atomic mass is 10.1. The Kier molecular flexibility index (Phi) is 5.46. The maximum atomic E-state index is 12.6. The van der Waals surface area contributed by atoms with Crippen LogP contribution in [0.5, 0.6) is 5.75 Å². The lowest BCUT2D eigenvalue weighted by Gasteiger charge is -2.13. The number of benzene rings is 2. The van der Waals surface area contributed by atoms with Crippen LogP contribution in [0.4, 0.5) is 5.69 Å². The summed E-state index contributed by atoms with van der Waals surface area (Å²) >= 11 is 0. The predicted molar refractivity (Wildman–Crippen MR) is 92.5 cm³/mol. The third kappa shape index (κ3) is 4.26. The van der Waals surface area contributed by atoms with Crippen LogP contribution < -0.4 is 15.2 Å². The number of carbonyl (C=O) groups is 1. The van der Waals surface area contributed by atoms with Crippen LogP contribution >= 0.6 is 0 Å². The molecule has 0 aliphatic heterocycles. The van der Waals surface area contributed by atoms with Gasteiger partial charge in [0.15, 0.2) is 0 Å². The van der Waals surface area contributed by atoms with Gasteiger partial charge in [-0.15, -0.1) is 0 Å². The average molecular weight is 348 g/mol. The molecule has 0 atom stereocenters. The number of methoxy groups -OCH3 is 1. The maximum absolute atomic E-state index is 12.6. The fourth-order valence-electron chi connectivity index (χ4n) is 2.25. The Bertz CT molecular complexity index is 830. The molecule has 0 spiro atoms. The maximum Gasteiger partial charge on any atom is 0.265 e. The van der Waals surface area contributed by atoms with Gasteiger partial charge in [-0.1, -0.05) is 25.1 Å². The SMILES string of the molecule is CCc1ccc(OC)c(S(=O)(=O)Nc2ccc(CC(N)=O)cc2)c1. The minimum Gasteiger partial charge on any atom is -0.495 e. The van der Waals surface area contributed by atoms with Gasteiger partial charge in [0.2, 0.25) is 5.91 Å². The molecule has 128 valence electrons. The fourth-order valence-corrected chi connectivity index (χ4v) is 3.53. The van der Waals surface area contributed by atoms with Crippen LogP contribution in [0.3, 0.4) is 0 Å². The van der Waals surface area contributed by atoms with Crippen molar-refractivity contribution in [1.82, 2.24) is 0 Å². The van der Waals surface area contributed by atoms with Crippen molar-refractivity contribution < 1.29 is 17.9 Å². The Labute approximate surface area is 141 Å². The van der Waals surface area contributed by atoms with Crippen molar-refractivity contribution in [2.75, 3.05) is 11.8 Å². The second kappa shape index (κ2) is 7.35. The number of sulfonamides is 1. The molecule has 2 aromatic carbocycles. The first-order valence-corrected chi connectivity index (χ1v) is 8.91. The van der Waals surface area contributed by atoms with Crippen molar-refractivity contribution in [1.29, 1.82) is 0 Å². The van der Waals surface area contributed by atoms with E-state index in [1.165, 1.54) is 7.11 Å². The monoisotopic (exact) mass is 348 g/mol. The lowest BCUT2D eigenvalue weighted by molar-refractivity contribution is -0.117. The van der Waals surface area contributed by atoms with Crippen LogP contribution in [0.15, 0.2) is 47.4 Å². The molecule has 24 heavy (non-hydrogen) atoms. The molecule has 2 rings (SSSR count). The van der Waals surface area contributed by atoms with E-state index in [9.17, 15) is 13.2 Å². The number of amides is 1. The van der Waals surface area contributed by atoms with Gasteiger partial charge >= 0.3 is 0 Å². The van der Waals surface area contributed by atoms with Crippen LogP contribution in [-0.4, -0.2) is 21.4 Å². The van der Waals surface area contributed by atoms with E-state index in [2.05, 4.69) is 4.72 Å². The number of hydrogen-bond donors (Lipinski definition) is 2. The second-order valence-corrected chi connectivity index (χ2v) is 6.94. The molecule has 0 aliphatic carbocycles. The Morgan fingerprint density at radius 2 is 1.75 bits per heavy atom. The van der Waals surface area contributed by atoms with Crippen molar-refractivity contribution in [3.63, 3.8) is 0 Å². The summed E-state index contributed by atoms with van der Waals surface area (Å²) in [5.74, 6) is -0.158. The standard InChI is InChI=1S/C17H20N2O4S/c1-3-12-6-9-15(23-2)16(10-12)24(21,22)19-14-7-4-13(5-8-14)11-17(18)20/h4-10,19H,3,11H2,1-2H3,(H2,18,20). The number of nitrogens with one attached hydrogen (secondary N) is 1. The van der Waals surface area contributed by atoms with Gasteiger partial charge in [0.25, 0.3) is 10.0 Å². The van der Waals surface area contributed by atoms with Crippen LogP contribution in [0, 0.1) is 0 Å². The Hall–Kier alpha value is -2.54. The molecule has 0 saturated carbocycles. The Balaban J connectivity index is 2.29. The van der Waals surface area contributed by atoms with Crippen LogP contribution in [0.1, 0.15) is 18.1 Å². The molecular formula is C17H20N2O4S. The first-order chi connectivity index (χ1) is 11.4. The summed E-state index contributed by atoms with van der Waals surface area (Å²) in [7, 11) is -2.36. The summed E-state index contributed by atoms with van der Waals surface area (Å²) in [6.07, 6.45) is 0.827. The lowest BCUT2D eigenvalue weighted by Crippen LogP contribution is -2.15. The van der Waals surface area contributed by atoms with Crippen molar-refractivity contribution in [2.45, 2.75) is 24.7 Å².